The molecular formula is C17H17N5OS. The molecule has 3 aromatic rings. The first-order valence-corrected chi connectivity index (χ1v) is 8.74. The Morgan fingerprint density at radius 2 is 2.04 bits per heavy atom. The second-order valence-corrected chi connectivity index (χ2v) is 6.93. The van der Waals surface area contributed by atoms with Gasteiger partial charge in [0.05, 0.1) is 6.04 Å². The molecule has 0 N–H and O–H groups in total. The molecular weight excluding hydrogens is 322 g/mol. The minimum Gasteiger partial charge on any atom is -0.331 e. The molecule has 0 aliphatic carbocycles. The van der Waals surface area contributed by atoms with Crippen molar-refractivity contribution < 1.29 is 4.79 Å². The van der Waals surface area contributed by atoms with E-state index in [9.17, 15) is 4.79 Å². The Morgan fingerprint density at radius 3 is 2.75 bits per heavy atom. The van der Waals surface area contributed by atoms with Crippen LogP contribution in [0.25, 0.3) is 0 Å². The van der Waals surface area contributed by atoms with Crippen molar-refractivity contribution in [1.82, 2.24) is 25.1 Å². The van der Waals surface area contributed by atoms with Gasteiger partial charge in [-0.15, -0.1) is 16.4 Å². The Balaban J connectivity index is 1.63. The van der Waals surface area contributed by atoms with E-state index in [1.165, 1.54) is 16.8 Å². The number of hydrogen-bond acceptors (Lipinski definition) is 5. The number of benzene rings is 1. The second-order valence-electron chi connectivity index (χ2n) is 5.90. The zero-order valence-corrected chi connectivity index (χ0v) is 14.1. The largest absolute Gasteiger partial charge is 0.331 e. The molecule has 122 valence electrons. The molecule has 2 aromatic heterocycles. The number of aromatic nitrogens is 4. The monoisotopic (exact) mass is 339 g/mol. The van der Waals surface area contributed by atoms with Crippen LogP contribution in [-0.2, 0) is 11.2 Å². The molecule has 2 atom stereocenters. The maximum Gasteiger partial charge on any atom is 0.250 e. The predicted octanol–water partition coefficient (Wildman–Crippen LogP) is 2.41. The number of hydrogen-bond donors (Lipinski definition) is 0. The van der Waals surface area contributed by atoms with Crippen LogP contribution < -0.4 is 0 Å². The highest BCUT2D eigenvalue weighted by atomic mass is 32.1. The lowest BCUT2D eigenvalue weighted by atomic mass is 9.86. The van der Waals surface area contributed by atoms with Crippen molar-refractivity contribution in [1.29, 1.82) is 0 Å². The van der Waals surface area contributed by atoms with Gasteiger partial charge in [-0.1, -0.05) is 30.3 Å². The number of likely N-dealkylation sites (tertiary alicyclic amines) is 1. The summed E-state index contributed by atoms with van der Waals surface area (Å²) in [6.07, 6.45) is 2.39. The fraction of sp³-hybridized carbons (Fsp3) is 0.294. The van der Waals surface area contributed by atoms with Crippen LogP contribution in [0, 0.1) is 6.92 Å². The van der Waals surface area contributed by atoms with Gasteiger partial charge in [-0.2, -0.15) is 0 Å². The number of β-lactam (4-membered cyclic amide) rings is 1. The van der Waals surface area contributed by atoms with Gasteiger partial charge in [-0.25, -0.2) is 4.68 Å². The van der Waals surface area contributed by atoms with Gasteiger partial charge < -0.3 is 4.90 Å². The molecule has 24 heavy (non-hydrogen) atoms. The number of thiophene rings is 1. The SMILES string of the molecule is Cc1ccccc1[C@@H]1[C@@H](n2cnnn2)C(=O)N1CCc1cccs1. The van der Waals surface area contributed by atoms with Crippen LogP contribution in [0.3, 0.4) is 0 Å². The molecule has 1 fully saturated rings. The first-order valence-electron chi connectivity index (χ1n) is 7.86. The molecule has 0 bridgehead atoms. The van der Waals surface area contributed by atoms with Gasteiger partial charge in [0, 0.05) is 11.4 Å². The highest BCUT2D eigenvalue weighted by Crippen LogP contribution is 2.43. The Kier molecular flexibility index (Phi) is 3.86. The van der Waals surface area contributed by atoms with Crippen molar-refractivity contribution in [3.8, 4) is 0 Å². The van der Waals surface area contributed by atoms with Crippen LogP contribution in [0.1, 0.15) is 28.1 Å². The van der Waals surface area contributed by atoms with Gasteiger partial charge in [0.15, 0.2) is 6.04 Å². The van der Waals surface area contributed by atoms with E-state index in [4.69, 9.17) is 0 Å². The number of carbonyl (C=O) groups is 1. The van der Waals surface area contributed by atoms with E-state index in [0.717, 1.165) is 12.0 Å². The molecule has 1 aliphatic rings. The van der Waals surface area contributed by atoms with Crippen molar-refractivity contribution in [2.45, 2.75) is 25.4 Å². The third-order valence-corrected chi connectivity index (χ3v) is 5.44. The summed E-state index contributed by atoms with van der Waals surface area (Å²) < 4.78 is 1.57. The zero-order chi connectivity index (χ0) is 16.5. The van der Waals surface area contributed by atoms with Crippen LogP contribution >= 0.6 is 11.3 Å². The molecule has 1 amide bonds. The highest BCUT2D eigenvalue weighted by Gasteiger charge is 2.50. The van der Waals surface area contributed by atoms with E-state index < -0.39 is 0 Å². The summed E-state index contributed by atoms with van der Waals surface area (Å²) >= 11 is 1.72. The highest BCUT2D eigenvalue weighted by molar-refractivity contribution is 7.09. The summed E-state index contributed by atoms with van der Waals surface area (Å²) in [6.45, 7) is 2.78. The first-order chi connectivity index (χ1) is 11.8. The van der Waals surface area contributed by atoms with Crippen molar-refractivity contribution in [2.75, 3.05) is 6.54 Å². The van der Waals surface area contributed by atoms with Crippen molar-refractivity contribution >= 4 is 17.2 Å². The zero-order valence-electron chi connectivity index (χ0n) is 13.2. The number of tetrazole rings is 1. The Morgan fingerprint density at radius 1 is 1.17 bits per heavy atom. The third-order valence-electron chi connectivity index (χ3n) is 4.51. The van der Waals surface area contributed by atoms with E-state index in [1.54, 1.807) is 16.0 Å². The average Bonchev–Trinajstić information content (AvgIpc) is 3.27. The molecule has 3 heterocycles. The van der Waals surface area contributed by atoms with E-state index in [0.29, 0.717) is 6.54 Å². The van der Waals surface area contributed by atoms with Crippen molar-refractivity contribution in [3.63, 3.8) is 0 Å². The topological polar surface area (TPSA) is 63.9 Å². The summed E-state index contributed by atoms with van der Waals surface area (Å²) in [4.78, 5) is 16.0. The van der Waals surface area contributed by atoms with Crippen molar-refractivity contribution in [3.05, 3.63) is 64.1 Å². The maximum atomic E-state index is 12.7. The fourth-order valence-corrected chi connectivity index (χ4v) is 3.97. The summed E-state index contributed by atoms with van der Waals surface area (Å²) in [6, 6.07) is 12.0. The standard InChI is InChI=1S/C17H17N5OS/c1-12-5-2-3-7-14(12)15-16(22-11-18-19-20-22)17(23)21(15)9-8-13-6-4-10-24-13/h2-7,10-11,15-16H,8-9H2,1H3/t15-,16-/m1/s1. The lowest BCUT2D eigenvalue weighted by Gasteiger charge is -2.47. The molecule has 4 rings (SSSR count). The van der Waals surface area contributed by atoms with Crippen LogP contribution in [0.2, 0.25) is 0 Å². The van der Waals surface area contributed by atoms with Gasteiger partial charge in [0.1, 0.15) is 6.33 Å². The number of rotatable bonds is 5. The van der Waals surface area contributed by atoms with E-state index in [2.05, 4.69) is 46.0 Å². The lowest BCUT2D eigenvalue weighted by molar-refractivity contribution is -0.155. The number of amides is 1. The molecule has 6 nitrogen and oxygen atoms in total. The number of carbonyl (C=O) groups excluding carboxylic acids is 1. The summed E-state index contributed by atoms with van der Waals surface area (Å²) in [5, 5.41) is 13.4. The van der Waals surface area contributed by atoms with Crippen molar-refractivity contribution in [2.24, 2.45) is 0 Å². The number of nitrogens with zero attached hydrogens (tertiary/aromatic N) is 5. The number of aryl methyl sites for hydroxylation is 1. The Hall–Kier alpha value is -2.54. The molecule has 0 unspecified atom stereocenters. The minimum absolute atomic E-state index is 0.0258. The third kappa shape index (κ3) is 2.50. The predicted molar refractivity (Wildman–Crippen MR) is 90.5 cm³/mol. The first kappa shape index (κ1) is 15.0. The van der Waals surface area contributed by atoms with Crippen LogP contribution in [-0.4, -0.2) is 37.6 Å². The minimum atomic E-state index is -0.357. The van der Waals surface area contributed by atoms with E-state index in [1.807, 2.05) is 23.1 Å². The molecule has 1 aliphatic heterocycles. The van der Waals surface area contributed by atoms with E-state index >= 15 is 0 Å². The smallest absolute Gasteiger partial charge is 0.250 e. The molecule has 7 heteroatoms. The molecule has 0 saturated carbocycles. The quantitative estimate of drug-likeness (QED) is 0.670. The van der Waals surface area contributed by atoms with Crippen LogP contribution in [0.15, 0.2) is 48.1 Å². The van der Waals surface area contributed by atoms with Gasteiger partial charge in [0.25, 0.3) is 5.91 Å². The van der Waals surface area contributed by atoms with Gasteiger partial charge in [0.2, 0.25) is 0 Å². The lowest BCUT2D eigenvalue weighted by Crippen LogP contribution is -2.56. The molecule has 0 spiro atoms. The maximum absolute atomic E-state index is 12.7. The Labute approximate surface area is 143 Å². The van der Waals surface area contributed by atoms with Crippen LogP contribution in [0.4, 0.5) is 0 Å². The normalized spacial score (nSPS) is 20.2. The van der Waals surface area contributed by atoms with Crippen LogP contribution in [0.5, 0.6) is 0 Å². The summed E-state index contributed by atoms with van der Waals surface area (Å²) in [7, 11) is 0. The fourth-order valence-electron chi connectivity index (χ4n) is 3.28. The molecule has 0 radical (unpaired) electrons. The van der Waals surface area contributed by atoms with Gasteiger partial charge in [-0.3, -0.25) is 4.79 Å². The molecule has 1 saturated heterocycles. The summed E-state index contributed by atoms with van der Waals surface area (Å²) in [5.74, 6) is 0.0760. The van der Waals surface area contributed by atoms with Gasteiger partial charge >= 0.3 is 0 Å². The van der Waals surface area contributed by atoms with E-state index in [-0.39, 0.29) is 18.0 Å². The Bertz CT molecular complexity index is 831. The molecule has 1 aromatic carbocycles. The summed E-state index contributed by atoms with van der Waals surface area (Å²) in [5.41, 5.74) is 2.33. The second kappa shape index (κ2) is 6.16. The average molecular weight is 339 g/mol. The van der Waals surface area contributed by atoms with Gasteiger partial charge in [-0.05, 0) is 46.3 Å².